The van der Waals surface area contributed by atoms with Gasteiger partial charge in [0.2, 0.25) is 5.95 Å². The number of halogens is 4. The van der Waals surface area contributed by atoms with Gasteiger partial charge in [0.25, 0.3) is 0 Å². The van der Waals surface area contributed by atoms with E-state index in [-0.39, 0.29) is 5.82 Å². The summed E-state index contributed by atoms with van der Waals surface area (Å²) in [6.45, 7) is 3.77. The fourth-order valence-electron chi connectivity index (χ4n) is 3.41. The highest BCUT2D eigenvalue weighted by molar-refractivity contribution is 5.73. The standard InChI is InChI=1S/C23H18FN7O.C2HF3O2/c1-14-27-15(2)31(30-14)21-5-3-20(4-6-21)28-23-25-8-7-22(29-23)17-9-16(10-19(24)11-17)18-12-26-32-13-18;3-2(4,5)1(6)7/h3-13H,1-2H3,(H,25,28,29);(H,6,7). The average molecular weight is 541 g/mol. The van der Waals surface area contributed by atoms with Crippen molar-refractivity contribution >= 4 is 17.6 Å². The highest BCUT2D eigenvalue weighted by atomic mass is 19.4. The van der Waals surface area contributed by atoms with Crippen molar-refractivity contribution in [2.45, 2.75) is 20.0 Å². The summed E-state index contributed by atoms with van der Waals surface area (Å²) in [5, 5.41) is 18.4. The molecule has 3 heterocycles. The Kier molecular flexibility index (Phi) is 7.65. The molecule has 0 saturated carbocycles. The molecule has 0 atom stereocenters. The van der Waals surface area contributed by atoms with Crippen LogP contribution in [0.2, 0.25) is 0 Å². The lowest BCUT2D eigenvalue weighted by Crippen LogP contribution is -2.21. The van der Waals surface area contributed by atoms with Crippen LogP contribution >= 0.6 is 0 Å². The number of carbonyl (C=O) groups is 1. The number of alkyl halides is 3. The molecule has 39 heavy (non-hydrogen) atoms. The summed E-state index contributed by atoms with van der Waals surface area (Å²) >= 11 is 0. The van der Waals surface area contributed by atoms with Crippen molar-refractivity contribution in [2.24, 2.45) is 0 Å². The van der Waals surface area contributed by atoms with Gasteiger partial charge in [-0.3, -0.25) is 0 Å². The second-order valence-electron chi connectivity index (χ2n) is 8.00. The summed E-state index contributed by atoms with van der Waals surface area (Å²) < 4.78 is 52.6. The number of nitrogens with zero attached hydrogens (tertiary/aromatic N) is 6. The van der Waals surface area contributed by atoms with Gasteiger partial charge in [-0.15, -0.1) is 0 Å². The van der Waals surface area contributed by atoms with Crippen LogP contribution in [0.5, 0.6) is 0 Å². The first-order valence-corrected chi connectivity index (χ1v) is 11.1. The van der Waals surface area contributed by atoms with E-state index in [2.05, 4.69) is 30.5 Å². The van der Waals surface area contributed by atoms with Crippen LogP contribution in [-0.4, -0.2) is 47.1 Å². The summed E-state index contributed by atoms with van der Waals surface area (Å²) in [5.74, 6) is -1.19. The van der Waals surface area contributed by atoms with Gasteiger partial charge in [0.1, 0.15) is 23.7 Å². The van der Waals surface area contributed by atoms with Gasteiger partial charge in [-0.2, -0.15) is 18.3 Å². The molecule has 3 aromatic heterocycles. The fourth-order valence-corrected chi connectivity index (χ4v) is 3.41. The van der Waals surface area contributed by atoms with E-state index in [4.69, 9.17) is 14.4 Å². The third-order valence-corrected chi connectivity index (χ3v) is 5.10. The molecule has 2 N–H and O–H groups in total. The molecular weight excluding hydrogens is 522 g/mol. The molecule has 200 valence electrons. The van der Waals surface area contributed by atoms with Crippen LogP contribution in [0, 0.1) is 19.7 Å². The second kappa shape index (κ2) is 11.1. The molecule has 0 radical (unpaired) electrons. The number of hydrogen-bond acceptors (Lipinski definition) is 8. The van der Waals surface area contributed by atoms with Crippen molar-refractivity contribution in [2.75, 3.05) is 5.32 Å². The van der Waals surface area contributed by atoms with Gasteiger partial charge >= 0.3 is 12.1 Å². The Labute approximate surface area is 218 Å². The van der Waals surface area contributed by atoms with Crippen LogP contribution in [0.25, 0.3) is 28.1 Å². The molecule has 10 nitrogen and oxygen atoms in total. The van der Waals surface area contributed by atoms with E-state index in [1.54, 1.807) is 16.9 Å². The molecule has 0 unspecified atom stereocenters. The molecule has 5 rings (SSSR count). The van der Waals surface area contributed by atoms with Crippen molar-refractivity contribution in [3.8, 4) is 28.1 Å². The number of aryl methyl sites for hydroxylation is 2. The van der Waals surface area contributed by atoms with Gasteiger partial charge in [0.15, 0.2) is 0 Å². The topological polar surface area (TPSA) is 132 Å². The van der Waals surface area contributed by atoms with Crippen LogP contribution in [0.3, 0.4) is 0 Å². The predicted octanol–water partition coefficient (Wildman–Crippen LogP) is 5.51. The molecule has 14 heteroatoms. The number of nitrogens with one attached hydrogen (secondary N) is 1. The lowest BCUT2D eigenvalue weighted by Gasteiger charge is -2.09. The van der Waals surface area contributed by atoms with Gasteiger partial charge in [0, 0.05) is 23.0 Å². The van der Waals surface area contributed by atoms with Crippen molar-refractivity contribution in [1.29, 1.82) is 0 Å². The molecular formula is C25H19F4N7O3. The summed E-state index contributed by atoms with van der Waals surface area (Å²) in [4.78, 5) is 22.1. The second-order valence-corrected chi connectivity index (χ2v) is 8.00. The molecule has 0 spiro atoms. The number of carboxylic acids is 1. The molecule has 0 aliphatic carbocycles. The Morgan fingerprint density at radius 2 is 1.69 bits per heavy atom. The zero-order valence-electron chi connectivity index (χ0n) is 20.3. The van der Waals surface area contributed by atoms with E-state index in [9.17, 15) is 17.6 Å². The van der Waals surface area contributed by atoms with Crippen molar-refractivity contribution in [3.63, 3.8) is 0 Å². The minimum Gasteiger partial charge on any atom is -0.475 e. The largest absolute Gasteiger partial charge is 0.490 e. The van der Waals surface area contributed by atoms with Crippen LogP contribution in [0.1, 0.15) is 11.6 Å². The smallest absolute Gasteiger partial charge is 0.475 e. The third kappa shape index (κ3) is 6.80. The van der Waals surface area contributed by atoms with Gasteiger partial charge in [0.05, 0.1) is 17.6 Å². The van der Waals surface area contributed by atoms with Gasteiger partial charge in [-0.1, -0.05) is 5.16 Å². The van der Waals surface area contributed by atoms with E-state index < -0.39 is 12.1 Å². The number of rotatable bonds is 5. The average Bonchev–Trinajstić information content (AvgIpc) is 3.54. The lowest BCUT2D eigenvalue weighted by molar-refractivity contribution is -0.192. The maximum atomic E-state index is 14.2. The normalized spacial score (nSPS) is 11.0. The number of aromatic nitrogens is 6. The first-order valence-electron chi connectivity index (χ1n) is 11.1. The maximum Gasteiger partial charge on any atom is 0.490 e. The molecule has 0 amide bonds. The first-order chi connectivity index (χ1) is 18.5. The summed E-state index contributed by atoms with van der Waals surface area (Å²) in [5.41, 5.74) is 4.28. The lowest BCUT2D eigenvalue weighted by atomic mass is 10.0. The quantitative estimate of drug-likeness (QED) is 0.276. The highest BCUT2D eigenvalue weighted by Crippen LogP contribution is 2.27. The summed E-state index contributed by atoms with van der Waals surface area (Å²) in [6, 6.07) is 14.1. The fraction of sp³-hybridized carbons (Fsp3) is 0.120. The molecule has 0 saturated heterocycles. The first kappa shape index (κ1) is 26.9. The van der Waals surface area contributed by atoms with E-state index in [0.717, 1.165) is 23.0 Å². The Morgan fingerprint density at radius 1 is 1.00 bits per heavy atom. The van der Waals surface area contributed by atoms with Crippen molar-refractivity contribution < 1.29 is 32.0 Å². The van der Waals surface area contributed by atoms with Crippen LogP contribution < -0.4 is 5.32 Å². The maximum absolute atomic E-state index is 14.2. The van der Waals surface area contributed by atoms with E-state index >= 15 is 0 Å². The molecule has 0 aliphatic heterocycles. The zero-order chi connectivity index (χ0) is 28.2. The Balaban J connectivity index is 0.000000448. The minimum absolute atomic E-state index is 0.374. The van der Waals surface area contributed by atoms with Crippen molar-refractivity contribution in [1.82, 2.24) is 29.9 Å². The Hall–Kier alpha value is -5.14. The number of benzene rings is 2. The number of carboxylic acid groups (broad SMARTS) is 1. The minimum atomic E-state index is -5.08. The molecule has 0 fully saturated rings. The third-order valence-electron chi connectivity index (χ3n) is 5.10. The van der Waals surface area contributed by atoms with E-state index in [1.807, 2.05) is 44.2 Å². The van der Waals surface area contributed by atoms with Gasteiger partial charge in [-0.05, 0) is 67.9 Å². The monoisotopic (exact) mass is 541 g/mol. The molecule has 5 aromatic rings. The molecule has 0 bridgehead atoms. The van der Waals surface area contributed by atoms with Crippen molar-refractivity contribution in [3.05, 3.63) is 84.7 Å². The Bertz CT molecular complexity index is 1580. The molecule has 2 aromatic carbocycles. The van der Waals surface area contributed by atoms with E-state index in [1.165, 1.54) is 24.6 Å². The van der Waals surface area contributed by atoms with E-state index in [0.29, 0.717) is 28.3 Å². The molecule has 0 aliphatic rings. The predicted molar refractivity (Wildman–Crippen MR) is 131 cm³/mol. The van der Waals surface area contributed by atoms with Crippen LogP contribution in [-0.2, 0) is 4.79 Å². The number of aliphatic carboxylic acids is 1. The summed E-state index contributed by atoms with van der Waals surface area (Å²) in [7, 11) is 0. The summed E-state index contributed by atoms with van der Waals surface area (Å²) in [6.07, 6.45) is -0.445. The highest BCUT2D eigenvalue weighted by Gasteiger charge is 2.38. The zero-order valence-corrected chi connectivity index (χ0v) is 20.3. The van der Waals surface area contributed by atoms with Crippen LogP contribution in [0.4, 0.5) is 29.2 Å². The number of anilines is 2. The number of hydrogen-bond donors (Lipinski definition) is 2. The van der Waals surface area contributed by atoms with Crippen LogP contribution in [0.15, 0.2) is 71.7 Å². The van der Waals surface area contributed by atoms with Gasteiger partial charge < -0.3 is 14.9 Å². The SMILES string of the molecule is Cc1nc(C)n(-c2ccc(Nc3nccc(-c4cc(F)cc(-c5cnoc5)c4)n3)cc2)n1.O=C(O)C(F)(F)F. The Morgan fingerprint density at radius 3 is 2.28 bits per heavy atom. The van der Waals surface area contributed by atoms with Gasteiger partial charge in [-0.25, -0.2) is 28.8 Å².